The molecular weight excluding hydrogens is 406 g/mol. The van der Waals surface area contributed by atoms with Crippen molar-refractivity contribution in [3.05, 3.63) is 59.7 Å². The number of carbonyl (C=O) groups is 3. The Labute approximate surface area is 188 Å². The van der Waals surface area contributed by atoms with Crippen LogP contribution in [-0.2, 0) is 9.59 Å². The summed E-state index contributed by atoms with van der Waals surface area (Å²) in [6, 6.07) is 14.6. The molecule has 0 spiro atoms. The van der Waals surface area contributed by atoms with Gasteiger partial charge in [0, 0.05) is 31.6 Å². The Balaban J connectivity index is 1.41. The molecule has 2 aliphatic heterocycles. The summed E-state index contributed by atoms with van der Waals surface area (Å²) >= 11 is 0. The molecule has 0 saturated carbocycles. The number of aryl methyl sites for hydroxylation is 1. The zero-order valence-corrected chi connectivity index (χ0v) is 18.4. The van der Waals surface area contributed by atoms with Gasteiger partial charge in [-0.25, -0.2) is 0 Å². The second-order valence-electron chi connectivity index (χ2n) is 8.29. The van der Waals surface area contributed by atoms with Crippen LogP contribution in [0.4, 0.5) is 5.69 Å². The molecule has 1 saturated heterocycles. The first-order valence-corrected chi connectivity index (χ1v) is 11.2. The van der Waals surface area contributed by atoms with Crippen LogP contribution in [0.1, 0.15) is 41.6 Å². The zero-order chi connectivity index (χ0) is 22.5. The number of amides is 3. The van der Waals surface area contributed by atoms with Gasteiger partial charge in [-0.2, -0.15) is 0 Å². The number of benzene rings is 2. The molecule has 2 aliphatic rings. The van der Waals surface area contributed by atoms with Crippen molar-refractivity contribution >= 4 is 23.4 Å². The molecule has 7 nitrogen and oxygen atoms in total. The molecule has 2 heterocycles. The van der Waals surface area contributed by atoms with Crippen LogP contribution in [0.3, 0.4) is 0 Å². The van der Waals surface area contributed by atoms with Gasteiger partial charge in [-0.3, -0.25) is 14.4 Å². The van der Waals surface area contributed by atoms with Crippen molar-refractivity contribution in [1.29, 1.82) is 0 Å². The number of carbonyl (C=O) groups excluding carboxylic acids is 3. The second kappa shape index (κ2) is 9.85. The van der Waals surface area contributed by atoms with Gasteiger partial charge in [0.25, 0.3) is 11.8 Å². The summed E-state index contributed by atoms with van der Waals surface area (Å²) in [4.78, 5) is 42.0. The number of piperidine rings is 1. The van der Waals surface area contributed by atoms with Gasteiger partial charge in [0.05, 0.1) is 12.2 Å². The lowest BCUT2D eigenvalue weighted by Crippen LogP contribution is -2.53. The maximum Gasteiger partial charge on any atom is 0.265 e. The van der Waals surface area contributed by atoms with Crippen LogP contribution in [0.15, 0.2) is 48.5 Å². The van der Waals surface area contributed by atoms with Crippen LogP contribution in [-0.4, -0.2) is 54.9 Å². The number of ether oxygens (including phenoxy) is 1. The average molecular weight is 436 g/mol. The fraction of sp³-hybridized carbons (Fsp3) is 0.400. The molecule has 0 aliphatic carbocycles. The average Bonchev–Trinajstić information content (AvgIpc) is 2.83. The number of nitrogens with zero attached hydrogens (tertiary/aromatic N) is 2. The Morgan fingerprint density at radius 1 is 1.00 bits per heavy atom. The SMILES string of the molecule is Cc1ccccc1C(=O)NCCC(=O)N1C[C@@H](C(=O)N2CCCCC2)Oc2ccccc21. The molecule has 1 N–H and O–H groups in total. The summed E-state index contributed by atoms with van der Waals surface area (Å²) in [6.45, 7) is 3.75. The molecule has 0 bridgehead atoms. The standard InChI is InChI=1S/C25H29N3O4/c1-18-9-3-4-10-19(18)24(30)26-14-13-23(29)28-17-22(25(31)27-15-7-2-8-16-27)32-21-12-6-5-11-20(21)28/h3-6,9-12,22H,2,7-8,13-17H2,1H3,(H,26,30)/t22-/m0/s1. The van der Waals surface area contributed by atoms with E-state index < -0.39 is 6.10 Å². The highest BCUT2D eigenvalue weighted by molar-refractivity contribution is 5.98. The minimum absolute atomic E-state index is 0.0649. The molecule has 0 aromatic heterocycles. The van der Waals surface area contributed by atoms with E-state index in [-0.39, 0.29) is 37.2 Å². The molecule has 32 heavy (non-hydrogen) atoms. The van der Waals surface area contributed by atoms with Gasteiger partial charge in [0.15, 0.2) is 6.10 Å². The third-order valence-corrected chi connectivity index (χ3v) is 6.03. The van der Waals surface area contributed by atoms with Crippen molar-refractivity contribution < 1.29 is 19.1 Å². The topological polar surface area (TPSA) is 79.0 Å². The summed E-state index contributed by atoms with van der Waals surface area (Å²) < 4.78 is 5.99. The monoisotopic (exact) mass is 435 g/mol. The van der Waals surface area contributed by atoms with Gasteiger partial charge >= 0.3 is 0 Å². The van der Waals surface area contributed by atoms with Crippen LogP contribution in [0.5, 0.6) is 5.75 Å². The fourth-order valence-electron chi connectivity index (χ4n) is 4.26. The Kier molecular flexibility index (Phi) is 6.73. The van der Waals surface area contributed by atoms with Crippen molar-refractivity contribution in [2.45, 2.75) is 38.7 Å². The van der Waals surface area contributed by atoms with Crippen molar-refractivity contribution in [2.24, 2.45) is 0 Å². The van der Waals surface area contributed by atoms with E-state index in [2.05, 4.69) is 5.32 Å². The summed E-state index contributed by atoms with van der Waals surface area (Å²) in [5, 5.41) is 2.83. The Morgan fingerprint density at radius 2 is 1.72 bits per heavy atom. The molecule has 0 unspecified atom stereocenters. The summed E-state index contributed by atoms with van der Waals surface area (Å²) in [6.07, 6.45) is 2.55. The number of likely N-dealkylation sites (tertiary alicyclic amines) is 1. The Bertz CT molecular complexity index is 1000. The normalized spacial score (nSPS) is 17.8. The van der Waals surface area contributed by atoms with Crippen LogP contribution >= 0.6 is 0 Å². The molecule has 0 radical (unpaired) electrons. The van der Waals surface area contributed by atoms with Crippen LogP contribution in [0, 0.1) is 6.92 Å². The van der Waals surface area contributed by atoms with Crippen molar-refractivity contribution in [3.8, 4) is 5.75 Å². The number of hydrogen-bond donors (Lipinski definition) is 1. The number of anilines is 1. The van der Waals surface area contributed by atoms with E-state index >= 15 is 0 Å². The van der Waals surface area contributed by atoms with Crippen molar-refractivity contribution in [2.75, 3.05) is 31.1 Å². The van der Waals surface area contributed by atoms with Crippen LogP contribution in [0.2, 0.25) is 0 Å². The minimum Gasteiger partial charge on any atom is -0.476 e. The second-order valence-corrected chi connectivity index (χ2v) is 8.29. The molecule has 1 atom stereocenters. The lowest BCUT2D eigenvalue weighted by Gasteiger charge is -2.37. The van der Waals surface area contributed by atoms with Crippen molar-refractivity contribution in [1.82, 2.24) is 10.2 Å². The summed E-state index contributed by atoms with van der Waals surface area (Å²) in [7, 11) is 0. The molecule has 168 valence electrons. The zero-order valence-electron chi connectivity index (χ0n) is 18.4. The molecule has 3 amide bonds. The third-order valence-electron chi connectivity index (χ3n) is 6.03. The highest BCUT2D eigenvalue weighted by Gasteiger charge is 2.36. The fourth-order valence-corrected chi connectivity index (χ4v) is 4.26. The maximum absolute atomic E-state index is 13.1. The van der Waals surface area contributed by atoms with E-state index in [1.54, 1.807) is 17.0 Å². The first-order valence-electron chi connectivity index (χ1n) is 11.2. The quantitative estimate of drug-likeness (QED) is 0.783. The van der Waals surface area contributed by atoms with E-state index in [1.807, 2.05) is 48.2 Å². The lowest BCUT2D eigenvalue weighted by atomic mass is 10.1. The minimum atomic E-state index is -0.714. The van der Waals surface area contributed by atoms with Gasteiger partial charge in [-0.1, -0.05) is 30.3 Å². The number of para-hydroxylation sites is 2. The highest BCUT2D eigenvalue weighted by Crippen LogP contribution is 2.34. The Morgan fingerprint density at radius 3 is 2.50 bits per heavy atom. The first-order chi connectivity index (χ1) is 15.5. The molecule has 2 aromatic carbocycles. The number of hydrogen-bond acceptors (Lipinski definition) is 4. The summed E-state index contributed by atoms with van der Waals surface area (Å²) in [5.74, 6) is 0.120. The number of nitrogens with one attached hydrogen (secondary N) is 1. The molecule has 4 rings (SSSR count). The third kappa shape index (κ3) is 4.77. The predicted molar refractivity (Wildman–Crippen MR) is 122 cm³/mol. The first kappa shape index (κ1) is 21.9. The van der Waals surface area contributed by atoms with E-state index in [1.165, 1.54) is 0 Å². The van der Waals surface area contributed by atoms with E-state index in [4.69, 9.17) is 4.74 Å². The molecule has 1 fully saturated rings. The number of fused-ring (bicyclic) bond motifs is 1. The Hall–Kier alpha value is -3.35. The largest absolute Gasteiger partial charge is 0.476 e. The maximum atomic E-state index is 13.1. The van der Waals surface area contributed by atoms with Crippen LogP contribution in [0.25, 0.3) is 0 Å². The highest BCUT2D eigenvalue weighted by atomic mass is 16.5. The van der Waals surface area contributed by atoms with Gasteiger partial charge < -0.3 is 19.9 Å². The van der Waals surface area contributed by atoms with Gasteiger partial charge in [0.1, 0.15) is 5.75 Å². The van der Waals surface area contributed by atoms with Crippen molar-refractivity contribution in [3.63, 3.8) is 0 Å². The van der Waals surface area contributed by atoms with E-state index in [0.29, 0.717) is 17.0 Å². The van der Waals surface area contributed by atoms with E-state index in [0.717, 1.165) is 37.9 Å². The smallest absolute Gasteiger partial charge is 0.265 e. The van der Waals surface area contributed by atoms with E-state index in [9.17, 15) is 14.4 Å². The van der Waals surface area contributed by atoms with Gasteiger partial charge in [-0.05, 0) is 49.9 Å². The summed E-state index contributed by atoms with van der Waals surface area (Å²) in [5.41, 5.74) is 2.15. The molecular formula is C25H29N3O4. The van der Waals surface area contributed by atoms with Gasteiger partial charge in [0.2, 0.25) is 5.91 Å². The number of rotatable bonds is 5. The predicted octanol–water partition coefficient (Wildman–Crippen LogP) is 2.92. The molecule has 7 heteroatoms. The molecule has 2 aromatic rings. The van der Waals surface area contributed by atoms with Crippen LogP contribution < -0.4 is 15.0 Å². The van der Waals surface area contributed by atoms with Gasteiger partial charge in [-0.15, -0.1) is 0 Å². The lowest BCUT2D eigenvalue weighted by molar-refractivity contribution is -0.139.